The topological polar surface area (TPSA) is 53.1 Å². The summed E-state index contributed by atoms with van der Waals surface area (Å²) in [6.45, 7) is 8.92. The van der Waals surface area contributed by atoms with E-state index in [4.69, 9.17) is 4.74 Å². The van der Waals surface area contributed by atoms with Crippen molar-refractivity contribution < 1.29 is 14.3 Å². The Hall–Kier alpha value is -1.40. The lowest BCUT2D eigenvalue weighted by atomic mass is 9.85. The van der Waals surface area contributed by atoms with Crippen LogP contribution in [0.4, 0.5) is 0 Å². The molecule has 6 nitrogen and oxygen atoms in total. The number of rotatable bonds is 3. The summed E-state index contributed by atoms with van der Waals surface area (Å²) >= 11 is 0. The second-order valence-corrected chi connectivity index (χ2v) is 7.67. The number of likely N-dealkylation sites (tertiary alicyclic amines) is 1. The Labute approximate surface area is 150 Å². The second kappa shape index (κ2) is 7.87. The first-order valence-corrected chi connectivity index (χ1v) is 9.52. The van der Waals surface area contributed by atoms with E-state index >= 15 is 0 Å². The number of hydrogen-bond acceptors (Lipinski definition) is 4. The number of likely N-dealkylation sites (N-methyl/N-ethyl adjacent to an activating group) is 1. The van der Waals surface area contributed by atoms with Crippen molar-refractivity contribution in [1.29, 1.82) is 0 Å². The molecule has 140 valence electrons. The molecule has 0 radical (unpaired) electrons. The van der Waals surface area contributed by atoms with E-state index in [9.17, 15) is 9.59 Å². The lowest BCUT2D eigenvalue weighted by molar-refractivity contribution is -0.144. The standard InChI is InChI=1S/C19H31N3O3/c1-3-9-21-10-8-19(7-4-17(21)23)15-22(12-11-20(19)2)18(24)16-5-13-25-14-6-16/h3,16H,1,4-15H2,2H3/t19-/m0/s1. The third-order valence-corrected chi connectivity index (χ3v) is 6.24. The molecule has 2 amide bonds. The molecule has 0 N–H and O–H groups in total. The van der Waals surface area contributed by atoms with Crippen LogP contribution in [0.3, 0.4) is 0 Å². The summed E-state index contributed by atoms with van der Waals surface area (Å²) in [6, 6.07) is 0. The van der Waals surface area contributed by atoms with E-state index in [1.165, 1.54) is 0 Å². The normalized spacial score (nSPS) is 29.7. The van der Waals surface area contributed by atoms with Crippen LogP contribution in [-0.4, -0.2) is 85.0 Å². The second-order valence-electron chi connectivity index (χ2n) is 7.67. The van der Waals surface area contributed by atoms with Crippen LogP contribution in [0, 0.1) is 5.92 Å². The molecule has 3 heterocycles. The van der Waals surface area contributed by atoms with Gasteiger partial charge in [0.1, 0.15) is 0 Å². The van der Waals surface area contributed by atoms with Gasteiger partial charge in [0.05, 0.1) is 0 Å². The van der Waals surface area contributed by atoms with Gasteiger partial charge in [0, 0.05) is 63.8 Å². The molecule has 3 aliphatic rings. The molecule has 25 heavy (non-hydrogen) atoms. The molecular weight excluding hydrogens is 318 g/mol. The summed E-state index contributed by atoms with van der Waals surface area (Å²) in [5.41, 5.74) is -0.0787. The van der Waals surface area contributed by atoms with Gasteiger partial charge in [0.2, 0.25) is 11.8 Å². The minimum absolute atomic E-state index is 0.0787. The lowest BCUT2D eigenvalue weighted by Gasteiger charge is -2.50. The van der Waals surface area contributed by atoms with E-state index in [0.29, 0.717) is 26.2 Å². The Morgan fingerprint density at radius 3 is 2.76 bits per heavy atom. The van der Waals surface area contributed by atoms with Crippen LogP contribution >= 0.6 is 0 Å². The predicted molar refractivity (Wildman–Crippen MR) is 96.1 cm³/mol. The van der Waals surface area contributed by atoms with Gasteiger partial charge in [0.25, 0.3) is 0 Å². The van der Waals surface area contributed by atoms with E-state index < -0.39 is 0 Å². The number of carbonyl (C=O) groups excluding carboxylic acids is 2. The summed E-state index contributed by atoms with van der Waals surface area (Å²) < 4.78 is 5.40. The molecule has 0 aromatic heterocycles. The molecule has 0 aliphatic carbocycles. The highest BCUT2D eigenvalue weighted by Crippen LogP contribution is 2.33. The average Bonchev–Trinajstić information content (AvgIpc) is 2.79. The van der Waals surface area contributed by atoms with E-state index in [-0.39, 0.29) is 23.3 Å². The average molecular weight is 349 g/mol. The Balaban J connectivity index is 1.70. The minimum atomic E-state index is -0.0787. The molecule has 6 heteroatoms. The third kappa shape index (κ3) is 3.90. The van der Waals surface area contributed by atoms with E-state index in [0.717, 1.165) is 51.9 Å². The van der Waals surface area contributed by atoms with Crippen LogP contribution in [0.25, 0.3) is 0 Å². The van der Waals surface area contributed by atoms with Crippen molar-refractivity contribution in [2.45, 2.75) is 37.6 Å². The Morgan fingerprint density at radius 2 is 2.04 bits per heavy atom. The summed E-state index contributed by atoms with van der Waals surface area (Å²) in [5, 5.41) is 0. The molecule has 0 aromatic rings. The van der Waals surface area contributed by atoms with Gasteiger partial charge in [-0.25, -0.2) is 0 Å². The quantitative estimate of drug-likeness (QED) is 0.717. The molecule has 3 aliphatic heterocycles. The highest BCUT2D eigenvalue weighted by Gasteiger charge is 2.44. The fraction of sp³-hybridized carbons (Fsp3) is 0.789. The number of ether oxygens (including phenoxy) is 1. The zero-order valence-corrected chi connectivity index (χ0v) is 15.4. The molecule has 0 bridgehead atoms. The highest BCUT2D eigenvalue weighted by atomic mass is 16.5. The number of nitrogens with zero attached hydrogens (tertiary/aromatic N) is 3. The molecule has 0 aromatic carbocycles. The van der Waals surface area contributed by atoms with Crippen molar-refractivity contribution >= 4 is 11.8 Å². The van der Waals surface area contributed by atoms with Crippen molar-refractivity contribution in [3.63, 3.8) is 0 Å². The Morgan fingerprint density at radius 1 is 1.28 bits per heavy atom. The van der Waals surface area contributed by atoms with Crippen LogP contribution in [0.1, 0.15) is 32.1 Å². The van der Waals surface area contributed by atoms with Crippen molar-refractivity contribution in [1.82, 2.24) is 14.7 Å². The van der Waals surface area contributed by atoms with Crippen LogP contribution in [0.5, 0.6) is 0 Å². The van der Waals surface area contributed by atoms with E-state index in [1.807, 2.05) is 4.90 Å². The third-order valence-electron chi connectivity index (χ3n) is 6.24. The lowest BCUT2D eigenvalue weighted by Crippen LogP contribution is -2.63. The molecule has 1 spiro atoms. The van der Waals surface area contributed by atoms with Gasteiger partial charge in [-0.3, -0.25) is 14.5 Å². The zero-order chi connectivity index (χ0) is 17.9. The SMILES string of the molecule is C=CCN1CC[C@@]2(CCC1=O)CN(C(=O)C1CCOCC1)CCN2C. The first-order chi connectivity index (χ1) is 12.1. The Bertz CT molecular complexity index is 518. The highest BCUT2D eigenvalue weighted by molar-refractivity contribution is 5.79. The minimum Gasteiger partial charge on any atom is -0.381 e. The number of piperazine rings is 1. The predicted octanol–water partition coefficient (Wildman–Crippen LogP) is 1.12. The molecule has 3 saturated heterocycles. The fourth-order valence-electron chi connectivity index (χ4n) is 4.43. The van der Waals surface area contributed by atoms with Crippen LogP contribution in [0.2, 0.25) is 0 Å². The summed E-state index contributed by atoms with van der Waals surface area (Å²) in [7, 11) is 2.14. The van der Waals surface area contributed by atoms with Gasteiger partial charge in [-0.05, 0) is 32.7 Å². The van der Waals surface area contributed by atoms with E-state index in [2.05, 4.69) is 23.4 Å². The van der Waals surface area contributed by atoms with E-state index in [1.54, 1.807) is 6.08 Å². The van der Waals surface area contributed by atoms with Crippen molar-refractivity contribution in [2.24, 2.45) is 5.92 Å². The number of hydrogen-bond donors (Lipinski definition) is 0. The van der Waals surface area contributed by atoms with Gasteiger partial charge >= 0.3 is 0 Å². The molecule has 1 atom stereocenters. The molecular formula is C19H31N3O3. The summed E-state index contributed by atoms with van der Waals surface area (Å²) in [5.74, 6) is 0.603. The summed E-state index contributed by atoms with van der Waals surface area (Å²) in [6.07, 6.45) is 5.76. The van der Waals surface area contributed by atoms with Gasteiger partial charge in [-0.1, -0.05) is 6.08 Å². The van der Waals surface area contributed by atoms with Crippen molar-refractivity contribution in [3.8, 4) is 0 Å². The fourth-order valence-corrected chi connectivity index (χ4v) is 4.43. The monoisotopic (exact) mass is 349 g/mol. The van der Waals surface area contributed by atoms with Crippen molar-refractivity contribution in [3.05, 3.63) is 12.7 Å². The molecule has 3 fully saturated rings. The van der Waals surface area contributed by atoms with Crippen LogP contribution in [-0.2, 0) is 14.3 Å². The summed E-state index contributed by atoms with van der Waals surface area (Å²) in [4.78, 5) is 31.7. The van der Waals surface area contributed by atoms with Crippen molar-refractivity contribution in [2.75, 3.05) is 53.0 Å². The maximum atomic E-state index is 13.0. The van der Waals surface area contributed by atoms with Gasteiger partial charge in [-0.15, -0.1) is 6.58 Å². The van der Waals surface area contributed by atoms with Gasteiger partial charge < -0.3 is 14.5 Å². The maximum absolute atomic E-state index is 13.0. The smallest absolute Gasteiger partial charge is 0.225 e. The van der Waals surface area contributed by atoms with Crippen LogP contribution < -0.4 is 0 Å². The molecule has 0 unspecified atom stereocenters. The van der Waals surface area contributed by atoms with Crippen LogP contribution in [0.15, 0.2) is 12.7 Å². The largest absolute Gasteiger partial charge is 0.381 e. The first kappa shape index (κ1) is 18.4. The molecule has 3 rings (SSSR count). The number of amides is 2. The maximum Gasteiger partial charge on any atom is 0.225 e. The number of carbonyl (C=O) groups is 2. The van der Waals surface area contributed by atoms with Gasteiger partial charge in [-0.2, -0.15) is 0 Å². The van der Waals surface area contributed by atoms with Gasteiger partial charge in [0.15, 0.2) is 0 Å². The zero-order valence-electron chi connectivity index (χ0n) is 15.4. The first-order valence-electron chi connectivity index (χ1n) is 9.52. The molecule has 0 saturated carbocycles. The Kier molecular flexibility index (Phi) is 5.79.